The Bertz CT molecular complexity index is 402. The van der Waals surface area contributed by atoms with Crippen LogP contribution in [0.3, 0.4) is 0 Å². The molecule has 1 saturated carbocycles. The van der Waals surface area contributed by atoms with Crippen molar-refractivity contribution < 1.29 is 0 Å². The predicted molar refractivity (Wildman–Crippen MR) is 81.5 cm³/mol. The fraction of sp³-hybridized carbons (Fsp3) is 0.625. The van der Waals surface area contributed by atoms with Gasteiger partial charge in [-0.1, -0.05) is 60.7 Å². The van der Waals surface area contributed by atoms with Crippen molar-refractivity contribution in [3.8, 4) is 0 Å². The van der Waals surface area contributed by atoms with Crippen LogP contribution in [0.15, 0.2) is 22.7 Å². The molecule has 1 aromatic rings. The Balaban J connectivity index is 2.20. The summed E-state index contributed by atoms with van der Waals surface area (Å²) in [5, 5.41) is 0. The maximum Gasteiger partial charge on any atom is 0.0337 e. The molecule has 1 aliphatic rings. The zero-order valence-electron chi connectivity index (χ0n) is 11.5. The van der Waals surface area contributed by atoms with E-state index in [1.807, 2.05) is 0 Å². The molecule has 0 aliphatic heterocycles. The van der Waals surface area contributed by atoms with Gasteiger partial charge in [-0.15, -0.1) is 0 Å². The molecule has 3 atom stereocenters. The van der Waals surface area contributed by atoms with Crippen molar-refractivity contribution >= 4 is 15.9 Å². The molecule has 1 fully saturated rings. The van der Waals surface area contributed by atoms with Gasteiger partial charge in [-0.25, -0.2) is 0 Å². The largest absolute Gasteiger partial charge is 0.324 e. The maximum absolute atomic E-state index is 6.56. The van der Waals surface area contributed by atoms with Crippen molar-refractivity contribution in [1.82, 2.24) is 0 Å². The molecule has 2 heteroatoms. The lowest BCUT2D eigenvalue weighted by atomic mass is 9.72. The zero-order chi connectivity index (χ0) is 13.1. The van der Waals surface area contributed by atoms with Crippen LogP contribution < -0.4 is 5.73 Å². The summed E-state index contributed by atoms with van der Waals surface area (Å²) >= 11 is 3.68. The first-order chi connectivity index (χ1) is 8.63. The lowest BCUT2D eigenvalue weighted by Gasteiger charge is -2.35. The minimum atomic E-state index is 0.185. The summed E-state index contributed by atoms with van der Waals surface area (Å²) in [6, 6.07) is 6.74. The SMILES string of the molecule is CCC1CCCCC1C(N)c1ccc(C)cc1Br. The van der Waals surface area contributed by atoms with Gasteiger partial charge in [0, 0.05) is 10.5 Å². The molecule has 1 nitrogen and oxygen atoms in total. The van der Waals surface area contributed by atoms with Gasteiger partial charge in [0.05, 0.1) is 0 Å². The van der Waals surface area contributed by atoms with Crippen LogP contribution in [0.5, 0.6) is 0 Å². The van der Waals surface area contributed by atoms with Gasteiger partial charge < -0.3 is 5.73 Å². The summed E-state index contributed by atoms with van der Waals surface area (Å²) in [4.78, 5) is 0. The molecular formula is C16H24BrN. The van der Waals surface area contributed by atoms with E-state index in [1.54, 1.807) is 0 Å². The van der Waals surface area contributed by atoms with Gasteiger partial charge in [-0.05, 0) is 42.4 Å². The van der Waals surface area contributed by atoms with Gasteiger partial charge in [-0.3, -0.25) is 0 Å². The Morgan fingerprint density at radius 3 is 2.72 bits per heavy atom. The van der Waals surface area contributed by atoms with Gasteiger partial charge in [-0.2, -0.15) is 0 Å². The minimum absolute atomic E-state index is 0.185. The van der Waals surface area contributed by atoms with E-state index in [4.69, 9.17) is 5.73 Å². The van der Waals surface area contributed by atoms with Crippen molar-refractivity contribution in [3.05, 3.63) is 33.8 Å². The first kappa shape index (κ1) is 14.1. The van der Waals surface area contributed by atoms with E-state index in [-0.39, 0.29) is 6.04 Å². The number of hydrogen-bond donors (Lipinski definition) is 1. The second-order valence-corrected chi connectivity index (χ2v) is 6.52. The minimum Gasteiger partial charge on any atom is -0.324 e. The monoisotopic (exact) mass is 309 g/mol. The molecule has 2 rings (SSSR count). The first-order valence-electron chi connectivity index (χ1n) is 7.15. The van der Waals surface area contributed by atoms with Crippen LogP contribution in [0.2, 0.25) is 0 Å². The second kappa shape index (κ2) is 6.21. The molecule has 0 amide bonds. The topological polar surface area (TPSA) is 26.0 Å². The first-order valence-corrected chi connectivity index (χ1v) is 7.94. The number of halogens is 1. The molecule has 0 saturated heterocycles. The Hall–Kier alpha value is -0.340. The Morgan fingerprint density at radius 2 is 2.06 bits per heavy atom. The van der Waals surface area contributed by atoms with Crippen molar-refractivity contribution in [2.45, 2.75) is 52.0 Å². The lowest BCUT2D eigenvalue weighted by molar-refractivity contribution is 0.196. The summed E-state index contributed by atoms with van der Waals surface area (Å²) in [7, 11) is 0. The fourth-order valence-electron chi connectivity index (χ4n) is 3.35. The summed E-state index contributed by atoms with van der Waals surface area (Å²) < 4.78 is 1.18. The summed E-state index contributed by atoms with van der Waals surface area (Å²) in [5.74, 6) is 1.46. The Kier molecular flexibility index (Phi) is 4.85. The molecule has 100 valence electrons. The van der Waals surface area contributed by atoms with Crippen molar-refractivity contribution in [2.75, 3.05) is 0 Å². The van der Waals surface area contributed by atoms with E-state index >= 15 is 0 Å². The highest BCUT2D eigenvalue weighted by atomic mass is 79.9. The number of hydrogen-bond acceptors (Lipinski definition) is 1. The molecule has 0 aromatic heterocycles. The number of rotatable bonds is 3. The van der Waals surface area contributed by atoms with Crippen LogP contribution in [-0.2, 0) is 0 Å². The van der Waals surface area contributed by atoms with Crippen LogP contribution in [0.1, 0.15) is 56.2 Å². The molecule has 1 aliphatic carbocycles. The zero-order valence-corrected chi connectivity index (χ0v) is 13.0. The van der Waals surface area contributed by atoms with Crippen molar-refractivity contribution in [1.29, 1.82) is 0 Å². The summed E-state index contributed by atoms with van der Waals surface area (Å²) in [6.45, 7) is 4.43. The number of benzene rings is 1. The Morgan fingerprint density at radius 1 is 1.33 bits per heavy atom. The van der Waals surface area contributed by atoms with Gasteiger partial charge in [0.2, 0.25) is 0 Å². The molecule has 3 unspecified atom stereocenters. The van der Waals surface area contributed by atoms with E-state index in [9.17, 15) is 0 Å². The number of nitrogens with two attached hydrogens (primary N) is 1. The third-order valence-corrected chi connectivity index (χ3v) is 5.16. The van der Waals surface area contributed by atoms with Gasteiger partial charge in [0.1, 0.15) is 0 Å². The third-order valence-electron chi connectivity index (χ3n) is 4.47. The van der Waals surface area contributed by atoms with E-state index < -0.39 is 0 Å². The molecule has 0 spiro atoms. The molecule has 2 N–H and O–H groups in total. The lowest BCUT2D eigenvalue weighted by Crippen LogP contribution is -2.30. The van der Waals surface area contributed by atoms with Crippen LogP contribution >= 0.6 is 15.9 Å². The highest BCUT2D eigenvalue weighted by Gasteiger charge is 2.30. The van der Waals surface area contributed by atoms with Crippen molar-refractivity contribution in [2.24, 2.45) is 17.6 Å². The molecule has 0 heterocycles. The normalized spacial score (nSPS) is 26.0. The van der Waals surface area contributed by atoms with Gasteiger partial charge >= 0.3 is 0 Å². The predicted octanol–water partition coefficient (Wildman–Crippen LogP) is 4.97. The van der Waals surface area contributed by atoms with E-state index in [1.165, 1.54) is 47.7 Å². The average Bonchev–Trinajstić information content (AvgIpc) is 2.38. The van der Waals surface area contributed by atoms with E-state index in [2.05, 4.69) is 48.0 Å². The summed E-state index contributed by atoms with van der Waals surface area (Å²) in [6.07, 6.45) is 6.65. The van der Waals surface area contributed by atoms with Crippen molar-refractivity contribution in [3.63, 3.8) is 0 Å². The molecule has 1 aromatic carbocycles. The molecule has 0 radical (unpaired) electrons. The smallest absolute Gasteiger partial charge is 0.0337 e. The van der Waals surface area contributed by atoms with Crippen LogP contribution in [0.4, 0.5) is 0 Å². The van der Waals surface area contributed by atoms with E-state index in [0.29, 0.717) is 5.92 Å². The van der Waals surface area contributed by atoms with Crippen LogP contribution in [0, 0.1) is 18.8 Å². The highest BCUT2D eigenvalue weighted by Crippen LogP contribution is 2.40. The second-order valence-electron chi connectivity index (χ2n) is 5.67. The van der Waals surface area contributed by atoms with Gasteiger partial charge in [0.15, 0.2) is 0 Å². The average molecular weight is 310 g/mol. The third kappa shape index (κ3) is 2.97. The Labute approximate surface area is 119 Å². The van der Waals surface area contributed by atoms with Crippen LogP contribution in [0.25, 0.3) is 0 Å². The van der Waals surface area contributed by atoms with Gasteiger partial charge in [0.25, 0.3) is 0 Å². The molecule has 0 bridgehead atoms. The maximum atomic E-state index is 6.56. The highest BCUT2D eigenvalue weighted by molar-refractivity contribution is 9.10. The molecule has 18 heavy (non-hydrogen) atoms. The standard InChI is InChI=1S/C16H24BrN/c1-3-12-6-4-5-7-13(12)16(18)14-9-8-11(2)10-15(14)17/h8-10,12-13,16H,3-7,18H2,1-2H3. The van der Waals surface area contributed by atoms with E-state index in [0.717, 1.165) is 5.92 Å². The summed E-state index contributed by atoms with van der Waals surface area (Å²) in [5.41, 5.74) is 9.13. The molecular weight excluding hydrogens is 286 g/mol. The fourth-order valence-corrected chi connectivity index (χ4v) is 4.11. The quantitative estimate of drug-likeness (QED) is 0.837. The number of aryl methyl sites for hydroxylation is 1. The van der Waals surface area contributed by atoms with Crippen LogP contribution in [-0.4, -0.2) is 0 Å².